The lowest BCUT2D eigenvalue weighted by atomic mass is 10.3. The molecular formula is C20H20ClN3O2S. The number of halogens is 1. The first-order valence-electron chi connectivity index (χ1n) is 9.01. The van der Waals surface area contributed by atoms with E-state index in [9.17, 15) is 4.79 Å². The topological polar surface area (TPSA) is 50.7 Å². The standard InChI is InChI=1S/C20H20ClN3O2S/c21-15-6-1-2-7-16(15)22-20-24(12-5-11-23-10-3-9-19(23)25)17(14-27-20)18-8-4-13-26-18/h1-2,4,6-8,13-14H,3,5,9-12H2. The fourth-order valence-corrected chi connectivity index (χ4v) is 4.37. The predicted molar refractivity (Wildman–Crippen MR) is 107 cm³/mol. The summed E-state index contributed by atoms with van der Waals surface area (Å²) in [5, 5.41) is 2.68. The van der Waals surface area contributed by atoms with E-state index < -0.39 is 0 Å². The third kappa shape index (κ3) is 4.01. The zero-order valence-electron chi connectivity index (χ0n) is 14.8. The quantitative estimate of drug-likeness (QED) is 0.600. The zero-order chi connectivity index (χ0) is 18.6. The Morgan fingerprint density at radius 2 is 2.07 bits per heavy atom. The normalized spacial score (nSPS) is 15.1. The smallest absolute Gasteiger partial charge is 0.222 e. The molecule has 0 atom stereocenters. The Morgan fingerprint density at radius 1 is 1.19 bits per heavy atom. The molecule has 7 heteroatoms. The van der Waals surface area contributed by atoms with E-state index >= 15 is 0 Å². The van der Waals surface area contributed by atoms with Crippen molar-refractivity contribution in [2.24, 2.45) is 4.99 Å². The molecule has 0 N–H and O–H groups in total. The maximum atomic E-state index is 11.8. The van der Waals surface area contributed by atoms with Crippen molar-refractivity contribution in [3.8, 4) is 11.5 Å². The van der Waals surface area contributed by atoms with Crippen LogP contribution in [0.5, 0.6) is 0 Å². The van der Waals surface area contributed by atoms with Crippen LogP contribution < -0.4 is 4.80 Å². The van der Waals surface area contributed by atoms with Gasteiger partial charge in [0.1, 0.15) is 0 Å². The Bertz CT molecular complexity index is 991. The number of rotatable bonds is 6. The molecule has 1 saturated heterocycles. The third-order valence-corrected chi connectivity index (χ3v) is 5.80. The number of hydrogen-bond donors (Lipinski definition) is 0. The van der Waals surface area contributed by atoms with Gasteiger partial charge in [-0.15, -0.1) is 11.3 Å². The molecule has 0 spiro atoms. The van der Waals surface area contributed by atoms with Crippen LogP contribution in [-0.2, 0) is 11.3 Å². The monoisotopic (exact) mass is 401 g/mol. The van der Waals surface area contributed by atoms with E-state index in [4.69, 9.17) is 21.0 Å². The largest absolute Gasteiger partial charge is 0.463 e. The highest BCUT2D eigenvalue weighted by Crippen LogP contribution is 2.25. The van der Waals surface area contributed by atoms with E-state index in [0.717, 1.165) is 54.4 Å². The molecule has 1 aromatic carbocycles. The van der Waals surface area contributed by atoms with E-state index in [0.29, 0.717) is 11.4 Å². The molecule has 5 nitrogen and oxygen atoms in total. The maximum absolute atomic E-state index is 11.8. The number of thiazole rings is 1. The first-order chi connectivity index (χ1) is 13.2. The molecule has 3 aromatic rings. The Morgan fingerprint density at radius 3 is 2.81 bits per heavy atom. The van der Waals surface area contributed by atoms with Gasteiger partial charge in [0.25, 0.3) is 0 Å². The number of carbonyl (C=O) groups is 1. The molecular weight excluding hydrogens is 382 g/mol. The molecule has 1 aliphatic rings. The Hall–Kier alpha value is -2.31. The summed E-state index contributed by atoms with van der Waals surface area (Å²) in [5.41, 5.74) is 1.74. The SMILES string of the molecule is O=C1CCCN1CCCn1c(-c2ccco2)csc1=Nc1ccccc1Cl. The van der Waals surface area contributed by atoms with Gasteiger partial charge in [-0.25, -0.2) is 4.99 Å². The van der Waals surface area contributed by atoms with Gasteiger partial charge in [-0.1, -0.05) is 23.7 Å². The number of hydrogen-bond acceptors (Lipinski definition) is 4. The summed E-state index contributed by atoms with van der Waals surface area (Å²) < 4.78 is 7.74. The van der Waals surface area contributed by atoms with Crippen molar-refractivity contribution in [2.45, 2.75) is 25.8 Å². The number of nitrogens with zero attached hydrogens (tertiary/aromatic N) is 3. The second-order valence-electron chi connectivity index (χ2n) is 6.43. The van der Waals surface area contributed by atoms with Gasteiger partial charge in [0.15, 0.2) is 10.6 Å². The predicted octanol–water partition coefficient (Wildman–Crippen LogP) is 4.71. The highest BCUT2D eigenvalue weighted by molar-refractivity contribution is 7.07. The van der Waals surface area contributed by atoms with Crippen molar-refractivity contribution in [1.82, 2.24) is 9.47 Å². The number of aromatic nitrogens is 1. The van der Waals surface area contributed by atoms with Crippen LogP contribution in [0.1, 0.15) is 19.3 Å². The van der Waals surface area contributed by atoms with E-state index in [2.05, 4.69) is 9.95 Å². The van der Waals surface area contributed by atoms with Crippen LogP contribution in [0.15, 0.2) is 57.5 Å². The van der Waals surface area contributed by atoms with Crippen LogP contribution in [0.4, 0.5) is 5.69 Å². The molecule has 0 bridgehead atoms. The molecule has 1 amide bonds. The van der Waals surface area contributed by atoms with Gasteiger partial charge in [0, 0.05) is 31.4 Å². The Balaban J connectivity index is 1.63. The summed E-state index contributed by atoms with van der Waals surface area (Å²) in [6.07, 6.45) is 4.18. The summed E-state index contributed by atoms with van der Waals surface area (Å²) >= 11 is 7.84. The van der Waals surface area contributed by atoms with Gasteiger partial charge in [-0.05, 0) is 37.1 Å². The minimum Gasteiger partial charge on any atom is -0.463 e. The van der Waals surface area contributed by atoms with Crippen LogP contribution in [0.2, 0.25) is 5.02 Å². The Kier molecular flexibility index (Phi) is 5.45. The van der Waals surface area contributed by atoms with Gasteiger partial charge < -0.3 is 13.9 Å². The maximum Gasteiger partial charge on any atom is 0.222 e. The van der Waals surface area contributed by atoms with Crippen molar-refractivity contribution >= 4 is 34.5 Å². The molecule has 0 unspecified atom stereocenters. The van der Waals surface area contributed by atoms with E-state index in [-0.39, 0.29) is 5.91 Å². The molecule has 3 heterocycles. The van der Waals surface area contributed by atoms with Crippen LogP contribution in [0, 0.1) is 0 Å². The first kappa shape index (κ1) is 18.1. The zero-order valence-corrected chi connectivity index (χ0v) is 16.4. The number of furan rings is 1. The average Bonchev–Trinajstić information content (AvgIpc) is 3.40. The second kappa shape index (κ2) is 8.15. The van der Waals surface area contributed by atoms with E-state index in [1.54, 1.807) is 17.6 Å². The molecule has 4 rings (SSSR count). The summed E-state index contributed by atoms with van der Waals surface area (Å²) in [7, 11) is 0. The van der Waals surface area contributed by atoms with Crippen molar-refractivity contribution in [3.05, 3.63) is 57.9 Å². The van der Waals surface area contributed by atoms with Gasteiger partial charge in [0.05, 0.1) is 22.7 Å². The number of benzene rings is 1. The van der Waals surface area contributed by atoms with Crippen LogP contribution in [0.25, 0.3) is 11.5 Å². The molecule has 1 fully saturated rings. The van der Waals surface area contributed by atoms with Crippen molar-refractivity contribution in [2.75, 3.05) is 13.1 Å². The van der Waals surface area contributed by atoms with Crippen molar-refractivity contribution < 1.29 is 9.21 Å². The summed E-state index contributed by atoms with van der Waals surface area (Å²) in [4.78, 5) is 19.4. The summed E-state index contributed by atoms with van der Waals surface area (Å²) in [6.45, 7) is 2.40. The van der Waals surface area contributed by atoms with Crippen LogP contribution in [0.3, 0.4) is 0 Å². The minimum absolute atomic E-state index is 0.262. The second-order valence-corrected chi connectivity index (χ2v) is 7.68. The van der Waals surface area contributed by atoms with Gasteiger partial charge in [0.2, 0.25) is 5.91 Å². The van der Waals surface area contributed by atoms with Crippen LogP contribution in [-0.4, -0.2) is 28.5 Å². The lowest BCUT2D eigenvalue weighted by Gasteiger charge is -2.16. The summed E-state index contributed by atoms with van der Waals surface area (Å²) in [5.74, 6) is 1.07. The average molecular weight is 402 g/mol. The van der Waals surface area contributed by atoms with Crippen molar-refractivity contribution in [3.63, 3.8) is 0 Å². The van der Waals surface area contributed by atoms with E-state index in [1.807, 2.05) is 41.3 Å². The fraction of sp³-hybridized carbons (Fsp3) is 0.300. The van der Waals surface area contributed by atoms with Crippen molar-refractivity contribution in [1.29, 1.82) is 0 Å². The molecule has 140 valence electrons. The molecule has 27 heavy (non-hydrogen) atoms. The number of para-hydroxylation sites is 1. The van der Waals surface area contributed by atoms with Gasteiger partial charge in [-0.2, -0.15) is 0 Å². The Labute approximate surface area is 166 Å². The fourth-order valence-electron chi connectivity index (χ4n) is 3.26. The van der Waals surface area contributed by atoms with Crippen LogP contribution >= 0.6 is 22.9 Å². The minimum atomic E-state index is 0.262. The number of likely N-dealkylation sites (tertiary alicyclic amines) is 1. The third-order valence-electron chi connectivity index (χ3n) is 4.62. The number of carbonyl (C=O) groups excluding carboxylic acids is 1. The number of amides is 1. The van der Waals surface area contributed by atoms with Gasteiger partial charge >= 0.3 is 0 Å². The molecule has 1 aliphatic heterocycles. The highest BCUT2D eigenvalue weighted by Gasteiger charge is 2.19. The highest BCUT2D eigenvalue weighted by atomic mass is 35.5. The van der Waals surface area contributed by atoms with E-state index in [1.165, 1.54) is 0 Å². The first-order valence-corrected chi connectivity index (χ1v) is 10.3. The van der Waals surface area contributed by atoms with Gasteiger partial charge in [-0.3, -0.25) is 4.79 Å². The summed E-state index contributed by atoms with van der Waals surface area (Å²) in [6, 6.07) is 11.4. The molecule has 0 aliphatic carbocycles. The lowest BCUT2D eigenvalue weighted by Crippen LogP contribution is -2.27. The molecule has 2 aromatic heterocycles. The lowest BCUT2D eigenvalue weighted by molar-refractivity contribution is -0.127. The molecule has 0 saturated carbocycles. The molecule has 0 radical (unpaired) electrons.